The molecule has 0 radical (unpaired) electrons. The van der Waals surface area contributed by atoms with E-state index in [4.69, 9.17) is 0 Å². The molecule has 0 unspecified atom stereocenters. The number of alkyl halides is 3. The van der Waals surface area contributed by atoms with Crippen LogP contribution in [0.4, 0.5) is 18.9 Å². The highest BCUT2D eigenvalue weighted by atomic mass is 32.2. The molecule has 36 heavy (non-hydrogen) atoms. The highest BCUT2D eigenvalue weighted by Gasteiger charge is 2.30. The van der Waals surface area contributed by atoms with Gasteiger partial charge in [0.25, 0.3) is 10.0 Å². The van der Waals surface area contributed by atoms with E-state index in [2.05, 4.69) is 29.2 Å². The molecule has 1 aromatic heterocycles. The molecule has 3 aromatic rings. The van der Waals surface area contributed by atoms with Gasteiger partial charge in [0.05, 0.1) is 28.9 Å². The Morgan fingerprint density at radius 3 is 2.08 bits per heavy atom. The molecule has 1 heterocycles. The Kier molecular flexibility index (Phi) is 8.20. The van der Waals surface area contributed by atoms with Crippen molar-refractivity contribution in [3.05, 3.63) is 76.6 Å². The summed E-state index contributed by atoms with van der Waals surface area (Å²) in [6.07, 6.45) is -1.50. The molecule has 10 heteroatoms. The van der Waals surface area contributed by atoms with Gasteiger partial charge >= 0.3 is 6.18 Å². The number of hydrazine groups is 1. The third-order valence-electron chi connectivity index (χ3n) is 5.91. The van der Waals surface area contributed by atoms with Gasteiger partial charge in [-0.05, 0) is 52.1 Å². The van der Waals surface area contributed by atoms with Gasteiger partial charge in [-0.2, -0.15) is 18.3 Å². The minimum absolute atomic E-state index is 0.0111. The number of hydrogen-bond donors (Lipinski definition) is 2. The Morgan fingerprint density at radius 2 is 1.56 bits per heavy atom. The molecular formula is C26H33F3N4O2S. The predicted octanol–water partition coefficient (Wildman–Crippen LogP) is 6.63. The first kappa shape index (κ1) is 27.7. The van der Waals surface area contributed by atoms with Crippen molar-refractivity contribution in [1.29, 1.82) is 0 Å². The summed E-state index contributed by atoms with van der Waals surface area (Å²) in [5, 5.41) is 4.14. The average molecular weight is 523 g/mol. The van der Waals surface area contributed by atoms with Crippen LogP contribution in [0.3, 0.4) is 0 Å². The highest BCUT2D eigenvalue weighted by molar-refractivity contribution is 7.89. The molecular weight excluding hydrogens is 489 g/mol. The smallest absolute Gasteiger partial charge is 0.305 e. The summed E-state index contributed by atoms with van der Waals surface area (Å²) in [4.78, 5) is 2.72. The van der Waals surface area contributed by atoms with Crippen LogP contribution in [0, 0.1) is 0 Å². The number of nitrogens with one attached hydrogen (secondary N) is 2. The summed E-state index contributed by atoms with van der Waals surface area (Å²) < 4.78 is 67.3. The summed E-state index contributed by atoms with van der Waals surface area (Å²) in [7, 11) is -3.95. The summed E-state index contributed by atoms with van der Waals surface area (Å²) in [5.74, 6) is 0.233. The number of nitrogens with zero attached hydrogens (tertiary/aromatic N) is 2. The molecule has 0 aliphatic rings. The molecule has 6 nitrogen and oxygen atoms in total. The second-order valence-electron chi connectivity index (χ2n) is 9.85. The Labute approximate surface area is 210 Å². The van der Waals surface area contributed by atoms with Gasteiger partial charge in [-0.3, -0.25) is 4.68 Å². The zero-order chi connectivity index (χ0) is 26.8. The van der Waals surface area contributed by atoms with E-state index in [0.29, 0.717) is 11.3 Å². The fourth-order valence-corrected chi connectivity index (χ4v) is 5.49. The third-order valence-corrected chi connectivity index (χ3v) is 7.29. The van der Waals surface area contributed by atoms with Gasteiger partial charge < -0.3 is 5.43 Å². The first-order valence-corrected chi connectivity index (χ1v) is 13.3. The zero-order valence-corrected chi connectivity index (χ0v) is 22.1. The lowest BCUT2D eigenvalue weighted by Crippen LogP contribution is -2.31. The molecule has 0 amide bonds. The van der Waals surface area contributed by atoms with E-state index in [9.17, 15) is 21.6 Å². The van der Waals surface area contributed by atoms with E-state index in [1.54, 1.807) is 6.07 Å². The maximum Gasteiger partial charge on any atom is 0.416 e. The van der Waals surface area contributed by atoms with E-state index in [1.165, 1.54) is 23.1 Å². The number of aromatic nitrogens is 2. The van der Waals surface area contributed by atoms with Gasteiger partial charge in [0.15, 0.2) is 0 Å². The molecule has 3 rings (SSSR count). The van der Waals surface area contributed by atoms with Crippen molar-refractivity contribution in [3.63, 3.8) is 0 Å². The molecule has 2 N–H and O–H groups in total. The second kappa shape index (κ2) is 10.6. The van der Waals surface area contributed by atoms with Gasteiger partial charge in [0, 0.05) is 6.20 Å². The van der Waals surface area contributed by atoms with Crippen LogP contribution in [0.25, 0.3) is 0 Å². The summed E-state index contributed by atoms with van der Waals surface area (Å²) in [6, 6.07) is 8.93. The van der Waals surface area contributed by atoms with E-state index in [-0.39, 0.29) is 29.2 Å². The molecule has 2 aromatic carbocycles. The molecule has 0 bridgehead atoms. The van der Waals surface area contributed by atoms with Crippen molar-refractivity contribution in [2.24, 2.45) is 0 Å². The maximum atomic E-state index is 13.5. The van der Waals surface area contributed by atoms with Crippen molar-refractivity contribution in [2.75, 3.05) is 5.43 Å². The zero-order valence-electron chi connectivity index (χ0n) is 21.3. The second-order valence-corrected chi connectivity index (χ2v) is 11.5. The Balaban J connectivity index is 1.83. The van der Waals surface area contributed by atoms with Gasteiger partial charge in [0.2, 0.25) is 0 Å². The van der Waals surface area contributed by atoms with E-state index in [0.717, 1.165) is 28.8 Å². The highest BCUT2D eigenvalue weighted by Crippen LogP contribution is 2.35. The summed E-state index contributed by atoms with van der Waals surface area (Å²) in [6.45, 7) is 12.1. The van der Waals surface area contributed by atoms with Crippen molar-refractivity contribution in [2.45, 2.75) is 76.9 Å². The minimum atomic E-state index is -4.43. The average Bonchev–Trinajstić information content (AvgIpc) is 3.23. The third kappa shape index (κ3) is 6.47. The van der Waals surface area contributed by atoms with Crippen LogP contribution in [0.5, 0.6) is 0 Å². The fourth-order valence-electron chi connectivity index (χ4n) is 3.92. The normalized spacial score (nSPS) is 12.7. The van der Waals surface area contributed by atoms with E-state index in [1.807, 2.05) is 39.8 Å². The van der Waals surface area contributed by atoms with Crippen molar-refractivity contribution < 1.29 is 21.6 Å². The quantitative estimate of drug-likeness (QED) is 0.310. The SMILES string of the molecule is CC(C)c1cc(C(C)C)c(S(=O)(=O)NNc2cnn(Cc3cccc(C(F)(F)F)c3)c2)c(C(C)C)c1. The number of sulfonamides is 1. The Bertz CT molecular complexity index is 1280. The number of benzene rings is 2. The van der Waals surface area contributed by atoms with Gasteiger partial charge in [-0.1, -0.05) is 65.8 Å². The molecule has 0 aliphatic heterocycles. The topological polar surface area (TPSA) is 76.0 Å². The van der Waals surface area contributed by atoms with Gasteiger partial charge in [-0.15, -0.1) is 4.83 Å². The summed E-state index contributed by atoms with van der Waals surface area (Å²) >= 11 is 0. The largest absolute Gasteiger partial charge is 0.416 e. The predicted molar refractivity (Wildman–Crippen MR) is 135 cm³/mol. The maximum absolute atomic E-state index is 13.5. The first-order chi connectivity index (χ1) is 16.7. The molecule has 0 saturated heterocycles. The van der Waals surface area contributed by atoms with Crippen molar-refractivity contribution in [1.82, 2.24) is 14.6 Å². The van der Waals surface area contributed by atoms with Gasteiger partial charge in [-0.25, -0.2) is 8.42 Å². The summed E-state index contributed by atoms with van der Waals surface area (Å²) in [5.41, 5.74) is 5.34. The van der Waals surface area contributed by atoms with Gasteiger partial charge in [0.1, 0.15) is 0 Å². The lowest BCUT2D eigenvalue weighted by molar-refractivity contribution is -0.137. The fraction of sp³-hybridized carbons (Fsp3) is 0.423. The molecule has 196 valence electrons. The van der Waals surface area contributed by atoms with Crippen LogP contribution in [0.1, 0.15) is 87.1 Å². The van der Waals surface area contributed by atoms with Crippen LogP contribution in [0.2, 0.25) is 0 Å². The lowest BCUT2D eigenvalue weighted by atomic mass is 9.89. The molecule has 0 saturated carbocycles. The Morgan fingerprint density at radius 1 is 0.944 bits per heavy atom. The number of rotatable bonds is 9. The number of halogens is 3. The van der Waals surface area contributed by atoms with Crippen molar-refractivity contribution >= 4 is 15.7 Å². The van der Waals surface area contributed by atoms with Crippen LogP contribution < -0.4 is 10.3 Å². The number of anilines is 1. The van der Waals surface area contributed by atoms with Crippen molar-refractivity contribution in [3.8, 4) is 0 Å². The molecule has 0 fully saturated rings. The minimum Gasteiger partial charge on any atom is -0.305 e. The molecule has 0 spiro atoms. The lowest BCUT2D eigenvalue weighted by Gasteiger charge is -2.23. The van der Waals surface area contributed by atoms with Crippen LogP contribution in [-0.4, -0.2) is 18.2 Å². The van der Waals surface area contributed by atoms with E-state index < -0.39 is 21.8 Å². The van der Waals surface area contributed by atoms with Crippen LogP contribution in [-0.2, 0) is 22.7 Å². The molecule has 0 aliphatic carbocycles. The Hall–Kier alpha value is -2.85. The molecule has 0 atom stereocenters. The first-order valence-electron chi connectivity index (χ1n) is 11.8. The monoisotopic (exact) mass is 522 g/mol. The van der Waals surface area contributed by atoms with Crippen LogP contribution in [0.15, 0.2) is 53.7 Å². The van der Waals surface area contributed by atoms with Crippen LogP contribution >= 0.6 is 0 Å². The van der Waals surface area contributed by atoms with E-state index >= 15 is 0 Å². The number of hydrogen-bond acceptors (Lipinski definition) is 4. The standard InChI is InChI=1S/C26H33F3N4O2S/c1-16(2)20-11-23(17(3)4)25(24(12-20)18(5)6)36(34,35)32-31-22-13-30-33(15-22)14-19-8-7-9-21(10-19)26(27,28)29/h7-13,15-18,31-32H,14H2,1-6H3.